The lowest BCUT2D eigenvalue weighted by Crippen LogP contribution is -2.11. The van der Waals surface area contributed by atoms with Crippen molar-refractivity contribution in [2.24, 2.45) is 5.92 Å². The first-order valence-electron chi connectivity index (χ1n) is 5.37. The van der Waals surface area contributed by atoms with Crippen molar-refractivity contribution in [1.29, 1.82) is 0 Å². The smallest absolute Gasteiger partial charge is 0.233 e. The quantitative estimate of drug-likeness (QED) is 0.821. The highest BCUT2D eigenvalue weighted by Crippen LogP contribution is 2.34. The van der Waals surface area contributed by atoms with Crippen molar-refractivity contribution in [3.63, 3.8) is 0 Å². The number of ether oxygens (including phenoxy) is 1. The Morgan fingerprint density at radius 3 is 2.60 bits per heavy atom. The van der Waals surface area contributed by atoms with Crippen molar-refractivity contribution >= 4 is 0 Å². The van der Waals surface area contributed by atoms with Crippen LogP contribution >= 0.6 is 0 Å². The largest absolute Gasteiger partial charge is 0.480 e. The van der Waals surface area contributed by atoms with Crippen molar-refractivity contribution < 1.29 is 9.84 Å². The number of hydrogen-bond acceptors (Lipinski definition) is 4. The first-order chi connectivity index (χ1) is 7.31. The molecule has 15 heavy (non-hydrogen) atoms. The minimum atomic E-state index is -0.467. The van der Waals surface area contributed by atoms with Crippen LogP contribution in [0.25, 0.3) is 0 Å². The molecule has 4 nitrogen and oxygen atoms in total. The second kappa shape index (κ2) is 4.57. The number of nitrogens with zero attached hydrogens (tertiary/aromatic N) is 2. The van der Waals surface area contributed by atoms with Gasteiger partial charge in [-0.05, 0) is 24.8 Å². The number of methoxy groups -OCH3 is 1. The molecule has 1 unspecified atom stereocenters. The van der Waals surface area contributed by atoms with Crippen LogP contribution in [0.3, 0.4) is 0 Å². The molecule has 0 radical (unpaired) electrons. The van der Waals surface area contributed by atoms with Crippen LogP contribution in [-0.2, 0) is 0 Å². The first-order valence-corrected chi connectivity index (χ1v) is 5.37. The molecule has 2 rings (SSSR count). The van der Waals surface area contributed by atoms with E-state index in [9.17, 15) is 5.11 Å². The van der Waals surface area contributed by atoms with Crippen molar-refractivity contribution in [1.82, 2.24) is 10.2 Å². The van der Waals surface area contributed by atoms with E-state index in [1.165, 1.54) is 12.8 Å². The van der Waals surface area contributed by atoms with Crippen LogP contribution in [0.15, 0.2) is 12.1 Å². The minimum Gasteiger partial charge on any atom is -0.480 e. The molecule has 1 saturated carbocycles. The molecule has 1 fully saturated rings. The summed E-state index contributed by atoms with van der Waals surface area (Å²) in [6, 6.07) is 3.52. The predicted molar refractivity (Wildman–Crippen MR) is 55.5 cm³/mol. The van der Waals surface area contributed by atoms with Gasteiger partial charge in [0.1, 0.15) is 6.10 Å². The third-order valence-electron chi connectivity index (χ3n) is 3.02. The summed E-state index contributed by atoms with van der Waals surface area (Å²) in [6.07, 6.45) is 4.14. The van der Waals surface area contributed by atoms with Gasteiger partial charge in [-0.25, -0.2) is 0 Å². The van der Waals surface area contributed by atoms with Gasteiger partial charge in [-0.1, -0.05) is 12.8 Å². The highest BCUT2D eigenvalue weighted by molar-refractivity contribution is 5.13. The zero-order chi connectivity index (χ0) is 10.7. The zero-order valence-electron chi connectivity index (χ0n) is 8.89. The molecule has 0 spiro atoms. The Morgan fingerprint density at radius 1 is 1.33 bits per heavy atom. The standard InChI is InChI=1S/C11H16N2O2/c1-15-10-7-6-9(12-13-10)11(14)8-4-2-3-5-8/h6-8,11,14H,2-5H2,1H3. The van der Waals surface area contributed by atoms with Crippen LogP contribution in [0.4, 0.5) is 0 Å². The highest BCUT2D eigenvalue weighted by atomic mass is 16.5. The molecule has 1 atom stereocenters. The van der Waals surface area contributed by atoms with Gasteiger partial charge in [-0.15, -0.1) is 10.2 Å². The topological polar surface area (TPSA) is 55.2 Å². The number of rotatable bonds is 3. The Balaban J connectivity index is 2.07. The molecule has 1 aliphatic carbocycles. The summed E-state index contributed by atoms with van der Waals surface area (Å²) in [5.74, 6) is 0.838. The Bertz CT molecular complexity index is 307. The first kappa shape index (κ1) is 10.4. The summed E-state index contributed by atoms with van der Waals surface area (Å²) < 4.78 is 4.92. The van der Waals surface area contributed by atoms with E-state index < -0.39 is 6.10 Å². The number of aromatic nitrogens is 2. The van der Waals surface area contributed by atoms with Crippen LogP contribution in [-0.4, -0.2) is 22.4 Å². The van der Waals surface area contributed by atoms with Gasteiger partial charge in [0.05, 0.1) is 12.8 Å². The van der Waals surface area contributed by atoms with E-state index in [0.717, 1.165) is 12.8 Å². The second-order valence-corrected chi connectivity index (χ2v) is 3.99. The van der Waals surface area contributed by atoms with Crippen LogP contribution in [0.2, 0.25) is 0 Å². The number of aliphatic hydroxyl groups excluding tert-OH is 1. The van der Waals surface area contributed by atoms with Crippen molar-refractivity contribution in [2.45, 2.75) is 31.8 Å². The predicted octanol–water partition coefficient (Wildman–Crippen LogP) is 1.71. The molecule has 1 aromatic rings. The van der Waals surface area contributed by atoms with Gasteiger partial charge in [0.25, 0.3) is 0 Å². The maximum absolute atomic E-state index is 10.0. The van der Waals surface area contributed by atoms with Gasteiger partial charge in [-0.2, -0.15) is 0 Å². The van der Waals surface area contributed by atoms with Crippen LogP contribution in [0.5, 0.6) is 5.88 Å². The van der Waals surface area contributed by atoms with Gasteiger partial charge >= 0.3 is 0 Å². The molecule has 0 saturated heterocycles. The van der Waals surface area contributed by atoms with Crippen molar-refractivity contribution in [3.8, 4) is 5.88 Å². The molecule has 4 heteroatoms. The van der Waals surface area contributed by atoms with Gasteiger partial charge < -0.3 is 9.84 Å². The molecule has 1 aromatic heterocycles. The summed E-state index contributed by atoms with van der Waals surface area (Å²) in [6.45, 7) is 0. The lowest BCUT2D eigenvalue weighted by Gasteiger charge is -2.16. The molecule has 0 bridgehead atoms. The van der Waals surface area contributed by atoms with Gasteiger partial charge in [0.15, 0.2) is 0 Å². The summed E-state index contributed by atoms with van der Waals surface area (Å²) >= 11 is 0. The van der Waals surface area contributed by atoms with Crippen LogP contribution in [0.1, 0.15) is 37.5 Å². The molecule has 0 aromatic carbocycles. The van der Waals surface area contributed by atoms with Crippen molar-refractivity contribution in [3.05, 3.63) is 17.8 Å². The average Bonchev–Trinajstić information content (AvgIpc) is 2.82. The Labute approximate surface area is 89.3 Å². The molecule has 82 valence electrons. The second-order valence-electron chi connectivity index (χ2n) is 3.99. The zero-order valence-corrected chi connectivity index (χ0v) is 8.89. The molecule has 1 heterocycles. The van der Waals surface area contributed by atoms with Gasteiger partial charge in [-0.3, -0.25) is 0 Å². The Morgan fingerprint density at radius 2 is 2.07 bits per heavy atom. The Kier molecular flexibility index (Phi) is 3.16. The normalized spacial score (nSPS) is 19.1. The maximum atomic E-state index is 10.0. The van der Waals surface area contributed by atoms with E-state index in [-0.39, 0.29) is 0 Å². The lowest BCUT2D eigenvalue weighted by atomic mass is 9.98. The van der Waals surface area contributed by atoms with E-state index in [2.05, 4.69) is 10.2 Å². The SMILES string of the molecule is COc1ccc(C(O)C2CCCC2)nn1. The summed E-state index contributed by atoms with van der Waals surface area (Å²) in [4.78, 5) is 0. The fraction of sp³-hybridized carbons (Fsp3) is 0.636. The molecule has 0 aliphatic heterocycles. The van der Waals surface area contributed by atoms with Crippen molar-refractivity contribution in [2.75, 3.05) is 7.11 Å². The van der Waals surface area contributed by atoms with Crippen LogP contribution in [0, 0.1) is 5.92 Å². The molecule has 0 amide bonds. The summed E-state index contributed by atoms with van der Waals surface area (Å²) in [5.41, 5.74) is 0.655. The monoisotopic (exact) mass is 208 g/mol. The van der Waals surface area contributed by atoms with E-state index in [1.807, 2.05) is 0 Å². The Hall–Kier alpha value is -1.16. The highest BCUT2D eigenvalue weighted by Gasteiger charge is 2.25. The third-order valence-corrected chi connectivity index (χ3v) is 3.02. The lowest BCUT2D eigenvalue weighted by molar-refractivity contribution is 0.106. The molecule has 1 aliphatic rings. The van der Waals surface area contributed by atoms with E-state index >= 15 is 0 Å². The fourth-order valence-corrected chi connectivity index (χ4v) is 2.11. The van der Waals surface area contributed by atoms with Gasteiger partial charge in [0, 0.05) is 6.07 Å². The minimum absolute atomic E-state index is 0.354. The van der Waals surface area contributed by atoms with E-state index in [0.29, 0.717) is 17.5 Å². The number of hydrogen-bond donors (Lipinski definition) is 1. The van der Waals surface area contributed by atoms with Gasteiger partial charge in [0.2, 0.25) is 5.88 Å². The third kappa shape index (κ3) is 2.26. The van der Waals surface area contributed by atoms with E-state index in [1.54, 1.807) is 19.2 Å². The summed E-state index contributed by atoms with van der Waals surface area (Å²) in [5, 5.41) is 17.9. The number of aliphatic hydroxyl groups is 1. The average molecular weight is 208 g/mol. The fourth-order valence-electron chi connectivity index (χ4n) is 2.11. The molecular formula is C11H16N2O2. The van der Waals surface area contributed by atoms with E-state index in [4.69, 9.17) is 4.74 Å². The van der Waals surface area contributed by atoms with Crippen LogP contribution < -0.4 is 4.74 Å². The molecule has 1 N–H and O–H groups in total. The molecular weight excluding hydrogens is 192 g/mol. The summed E-state index contributed by atoms with van der Waals surface area (Å²) in [7, 11) is 1.55. The maximum Gasteiger partial charge on any atom is 0.233 e.